The summed E-state index contributed by atoms with van der Waals surface area (Å²) in [5.41, 5.74) is -0.823. The van der Waals surface area contributed by atoms with Gasteiger partial charge in [0.1, 0.15) is 6.61 Å². The van der Waals surface area contributed by atoms with E-state index in [1.807, 2.05) is 0 Å². The second-order valence-electron chi connectivity index (χ2n) is 1.73. The van der Waals surface area contributed by atoms with Gasteiger partial charge in [0.2, 0.25) is 0 Å². The average molecular weight is 194 g/mol. The van der Waals surface area contributed by atoms with E-state index in [0.29, 0.717) is 4.85 Å². The highest BCUT2D eigenvalue weighted by Crippen LogP contribution is 2.06. The number of hydrogen-bond donors (Lipinski definition) is 3. The largest absolute Gasteiger partial charge is 0.770 e. The summed E-state index contributed by atoms with van der Waals surface area (Å²) in [7, 11) is -2.94. The first-order chi connectivity index (χ1) is 5.63. The number of nitrogens with zero attached hydrogens (tertiary/aromatic N) is 2. The van der Waals surface area contributed by atoms with Crippen molar-refractivity contribution >= 4 is 8.25 Å². The first-order valence-electron chi connectivity index (χ1n) is 2.77. The summed E-state index contributed by atoms with van der Waals surface area (Å²) in [5, 5.41) is 11.8. The number of hydrogen-bond acceptors (Lipinski definition) is 5. The summed E-state index contributed by atoms with van der Waals surface area (Å²) in [6.45, 7) is -0.478. The maximum Gasteiger partial charge on any atom is 0.770 e. The van der Waals surface area contributed by atoms with Gasteiger partial charge >= 0.3 is 13.9 Å². The Morgan fingerprint density at radius 2 is 2.42 bits per heavy atom. The van der Waals surface area contributed by atoms with E-state index in [-0.39, 0.29) is 5.82 Å². The minimum Gasteiger partial charge on any atom is -0.388 e. The monoisotopic (exact) mass is 194 g/mol. The lowest BCUT2D eigenvalue weighted by Gasteiger charge is -1.82. The van der Waals surface area contributed by atoms with E-state index in [4.69, 9.17) is 10.00 Å². The second kappa shape index (κ2) is 3.44. The third kappa shape index (κ3) is 1.88. The molecule has 0 fully saturated rings. The van der Waals surface area contributed by atoms with Crippen LogP contribution in [-0.2, 0) is 11.2 Å². The van der Waals surface area contributed by atoms with Crippen LogP contribution in [0.1, 0.15) is 5.82 Å². The van der Waals surface area contributed by atoms with Gasteiger partial charge in [-0.2, -0.15) is 0 Å². The Balaban J connectivity index is 2.92. The van der Waals surface area contributed by atoms with Crippen LogP contribution in [0.25, 0.3) is 0 Å². The predicted octanol–water partition coefficient (Wildman–Crippen LogP) is -1.86. The number of rotatable bonds is 3. The van der Waals surface area contributed by atoms with E-state index in [1.54, 1.807) is 0 Å². The van der Waals surface area contributed by atoms with Crippen molar-refractivity contribution in [2.75, 3.05) is 0 Å². The lowest BCUT2D eigenvalue weighted by Crippen LogP contribution is -2.21. The van der Waals surface area contributed by atoms with Crippen molar-refractivity contribution in [2.24, 2.45) is 0 Å². The van der Waals surface area contributed by atoms with Gasteiger partial charge in [0.05, 0.1) is 0 Å². The van der Waals surface area contributed by atoms with Crippen molar-refractivity contribution in [1.29, 1.82) is 0 Å². The van der Waals surface area contributed by atoms with Crippen molar-refractivity contribution in [3.05, 3.63) is 16.3 Å². The molecule has 0 aliphatic heterocycles. The number of nitrogens with one attached hydrogen (secondary N) is 1. The molecule has 0 saturated heterocycles. The highest BCUT2D eigenvalue weighted by atomic mass is 31.1. The molecule has 0 amide bonds. The van der Waals surface area contributed by atoms with Gasteiger partial charge < -0.3 is 5.11 Å². The first-order valence-corrected chi connectivity index (χ1v) is 3.90. The van der Waals surface area contributed by atoms with Crippen LogP contribution < -0.4 is 10.3 Å². The summed E-state index contributed by atoms with van der Waals surface area (Å²) < 4.78 is 14.1. The molecule has 12 heavy (non-hydrogen) atoms. The van der Waals surface area contributed by atoms with Gasteiger partial charge in [-0.3, -0.25) is 4.98 Å². The van der Waals surface area contributed by atoms with Crippen LogP contribution in [0.15, 0.2) is 4.79 Å². The molecule has 66 valence electrons. The third-order valence-electron chi connectivity index (χ3n) is 0.933. The molecule has 0 radical (unpaired) electrons. The summed E-state index contributed by atoms with van der Waals surface area (Å²) >= 11 is 0. The Hall–Kier alpha value is -1.24. The van der Waals surface area contributed by atoms with Gasteiger partial charge in [0, 0.05) is 9.41 Å². The standard InChI is InChI=1S/C3H4N3O5P/c7-1-2-4-3(8)6(5-2)11-12(9)10/h7H,1H2,(H-,4,5,8,9,10)/p+1. The van der Waals surface area contributed by atoms with E-state index in [1.165, 1.54) is 0 Å². The highest BCUT2D eigenvalue weighted by molar-refractivity contribution is 7.32. The van der Waals surface area contributed by atoms with Gasteiger partial charge in [0.25, 0.3) is 0 Å². The summed E-state index contributed by atoms with van der Waals surface area (Å²) in [4.78, 5) is 21.3. The van der Waals surface area contributed by atoms with E-state index in [9.17, 15) is 9.36 Å². The Morgan fingerprint density at radius 1 is 1.75 bits per heavy atom. The van der Waals surface area contributed by atoms with Crippen molar-refractivity contribution in [1.82, 2.24) is 14.9 Å². The average Bonchev–Trinajstić information content (AvgIpc) is 2.31. The Morgan fingerprint density at radius 3 is 2.83 bits per heavy atom. The van der Waals surface area contributed by atoms with Crippen LogP contribution in [0.5, 0.6) is 0 Å². The molecule has 0 spiro atoms. The molecule has 8 nitrogen and oxygen atoms in total. The van der Waals surface area contributed by atoms with Gasteiger partial charge in [-0.15, -0.1) is 14.6 Å². The fourth-order valence-corrected chi connectivity index (χ4v) is 0.787. The van der Waals surface area contributed by atoms with Gasteiger partial charge in [-0.25, -0.2) is 4.79 Å². The normalized spacial score (nSPS) is 11.3. The zero-order valence-corrected chi connectivity index (χ0v) is 6.56. The maximum atomic E-state index is 10.7. The smallest absolute Gasteiger partial charge is 0.388 e. The molecule has 1 heterocycles. The molecule has 1 atom stereocenters. The molecule has 0 aliphatic carbocycles. The van der Waals surface area contributed by atoms with Crippen LogP contribution in [0.4, 0.5) is 0 Å². The van der Waals surface area contributed by atoms with Gasteiger partial charge in [-0.05, 0) is 0 Å². The van der Waals surface area contributed by atoms with Crippen molar-refractivity contribution in [2.45, 2.75) is 6.61 Å². The molecule has 0 aliphatic rings. The van der Waals surface area contributed by atoms with Crippen LogP contribution >= 0.6 is 8.25 Å². The maximum absolute atomic E-state index is 10.7. The summed E-state index contributed by atoms with van der Waals surface area (Å²) in [5.74, 6) is -0.0446. The van der Waals surface area contributed by atoms with Gasteiger partial charge in [0.15, 0.2) is 5.82 Å². The molecule has 3 N–H and O–H groups in total. The number of aliphatic hydroxyl groups is 1. The molecular formula is C3H5N3O5P+. The Labute approximate surface area is 66.3 Å². The van der Waals surface area contributed by atoms with Crippen LogP contribution in [-0.4, -0.2) is 24.9 Å². The molecule has 0 saturated carbocycles. The van der Waals surface area contributed by atoms with Crippen LogP contribution in [0, 0.1) is 0 Å². The summed E-state index contributed by atoms with van der Waals surface area (Å²) in [6, 6.07) is 0. The Kier molecular flexibility index (Phi) is 2.54. The van der Waals surface area contributed by atoms with E-state index < -0.39 is 20.6 Å². The first kappa shape index (κ1) is 8.85. The molecule has 9 heteroatoms. The lowest BCUT2D eigenvalue weighted by atomic mass is 10.7. The molecule has 0 aromatic carbocycles. The SMILES string of the molecule is O=c1[nH]c(CO)nn1O[P+](=O)O. The zero-order valence-electron chi connectivity index (χ0n) is 5.67. The second-order valence-corrected chi connectivity index (χ2v) is 2.37. The fraction of sp³-hybridized carbons (Fsp3) is 0.333. The molecule has 1 aromatic rings. The zero-order chi connectivity index (χ0) is 9.14. The van der Waals surface area contributed by atoms with Gasteiger partial charge in [-0.1, -0.05) is 0 Å². The highest BCUT2D eigenvalue weighted by Gasteiger charge is 2.18. The predicted molar refractivity (Wildman–Crippen MR) is 35.2 cm³/mol. The van der Waals surface area contributed by atoms with Crippen molar-refractivity contribution < 1.29 is 19.2 Å². The minimum absolute atomic E-state index is 0.0446. The van der Waals surface area contributed by atoms with Crippen molar-refractivity contribution in [3.8, 4) is 0 Å². The minimum atomic E-state index is -2.94. The topological polar surface area (TPSA) is 117 Å². The lowest BCUT2D eigenvalue weighted by molar-refractivity contribution is 0.200. The molecule has 1 aromatic heterocycles. The van der Waals surface area contributed by atoms with Crippen LogP contribution in [0.2, 0.25) is 0 Å². The van der Waals surface area contributed by atoms with Crippen LogP contribution in [0.3, 0.4) is 0 Å². The summed E-state index contributed by atoms with van der Waals surface area (Å²) in [6.07, 6.45) is 0. The molecule has 0 bridgehead atoms. The van der Waals surface area contributed by atoms with E-state index >= 15 is 0 Å². The Bertz CT molecular complexity index is 342. The van der Waals surface area contributed by atoms with E-state index in [2.05, 4.69) is 14.7 Å². The number of aliphatic hydroxyl groups excluding tert-OH is 1. The van der Waals surface area contributed by atoms with Crippen molar-refractivity contribution in [3.63, 3.8) is 0 Å². The molecular weight excluding hydrogens is 189 g/mol. The molecule has 1 rings (SSSR count). The quantitative estimate of drug-likeness (QED) is 0.486. The molecule has 1 unspecified atom stereocenters. The van der Waals surface area contributed by atoms with E-state index in [0.717, 1.165) is 0 Å². The third-order valence-corrected chi connectivity index (χ3v) is 1.23. The number of aromatic amines is 1. The fourth-order valence-electron chi connectivity index (χ4n) is 0.544. The number of aromatic nitrogens is 3. The number of H-pyrrole nitrogens is 1.